The molecule has 1 aliphatic rings. The van der Waals surface area contributed by atoms with Gasteiger partial charge in [0, 0.05) is 13.0 Å². The smallest absolute Gasteiger partial charge is 0.243 e. The second-order valence-electron chi connectivity index (χ2n) is 9.17. The van der Waals surface area contributed by atoms with E-state index in [2.05, 4.69) is 18.5 Å². The Balaban J connectivity index is 0.00000265. The fourth-order valence-electron chi connectivity index (χ4n) is 3.75. The highest BCUT2D eigenvalue weighted by Crippen LogP contribution is 2.29. The number of hydrogen-bond acceptors (Lipinski definition) is 2. The number of carbonyl (C=O) groups excluding carboxylic acids is 2. The third kappa shape index (κ3) is 7.95. The van der Waals surface area contributed by atoms with Crippen LogP contribution in [0.3, 0.4) is 0 Å². The van der Waals surface area contributed by atoms with Crippen LogP contribution >= 0.6 is 0 Å². The van der Waals surface area contributed by atoms with Crippen molar-refractivity contribution in [2.75, 3.05) is 6.54 Å². The van der Waals surface area contributed by atoms with Gasteiger partial charge in [0.2, 0.25) is 11.8 Å². The Labute approximate surface area is 197 Å². The predicted molar refractivity (Wildman–Crippen MR) is 132 cm³/mol. The van der Waals surface area contributed by atoms with Crippen LogP contribution in [-0.4, -0.2) is 29.3 Å². The van der Waals surface area contributed by atoms with Crippen molar-refractivity contribution in [3.63, 3.8) is 0 Å². The molecular formula is C27H38F2N2O2. The predicted octanol–water partition coefficient (Wildman–Crippen LogP) is 6.67. The number of carbonyl (C=O) groups is 2. The van der Waals surface area contributed by atoms with E-state index in [1.165, 1.54) is 0 Å². The first kappa shape index (κ1) is 28.3. The summed E-state index contributed by atoms with van der Waals surface area (Å²) in [5, 5.41) is 2.96. The molecule has 0 aromatic heterocycles. The third-order valence-corrected chi connectivity index (χ3v) is 5.30. The van der Waals surface area contributed by atoms with Crippen LogP contribution in [0.5, 0.6) is 0 Å². The summed E-state index contributed by atoms with van der Waals surface area (Å²) >= 11 is 0. The molecule has 1 heterocycles. The van der Waals surface area contributed by atoms with E-state index in [-0.39, 0.29) is 28.8 Å². The molecule has 33 heavy (non-hydrogen) atoms. The fourth-order valence-corrected chi connectivity index (χ4v) is 3.75. The van der Waals surface area contributed by atoms with Gasteiger partial charge in [0.25, 0.3) is 0 Å². The van der Waals surface area contributed by atoms with E-state index in [9.17, 15) is 18.4 Å². The van der Waals surface area contributed by atoms with Crippen molar-refractivity contribution in [2.24, 2.45) is 5.41 Å². The Morgan fingerprint density at radius 2 is 1.79 bits per heavy atom. The molecule has 1 aliphatic heterocycles. The fraction of sp³-hybridized carbons (Fsp3) is 0.481. The maximum absolute atomic E-state index is 13.9. The zero-order chi connectivity index (χ0) is 25.3. The minimum Gasteiger partial charge on any atom is -0.348 e. The molecule has 0 saturated carbocycles. The highest BCUT2D eigenvalue weighted by molar-refractivity contribution is 5.88. The van der Waals surface area contributed by atoms with Crippen molar-refractivity contribution < 1.29 is 18.4 Å². The van der Waals surface area contributed by atoms with Crippen molar-refractivity contribution in [1.29, 1.82) is 0 Å². The molecule has 1 fully saturated rings. The molecule has 1 aromatic carbocycles. The topological polar surface area (TPSA) is 49.4 Å². The molecule has 0 spiro atoms. The summed E-state index contributed by atoms with van der Waals surface area (Å²) in [6.45, 7) is 18.9. The molecule has 4 nitrogen and oxygen atoms in total. The van der Waals surface area contributed by atoms with E-state index in [0.717, 1.165) is 18.1 Å². The van der Waals surface area contributed by atoms with Crippen molar-refractivity contribution in [1.82, 2.24) is 10.2 Å². The van der Waals surface area contributed by atoms with Crippen molar-refractivity contribution in [3.8, 4) is 0 Å². The average Bonchev–Trinajstić information content (AvgIpc) is 3.24. The summed E-state index contributed by atoms with van der Waals surface area (Å²) in [4.78, 5) is 27.2. The Morgan fingerprint density at radius 1 is 1.21 bits per heavy atom. The van der Waals surface area contributed by atoms with E-state index in [0.29, 0.717) is 24.9 Å². The van der Waals surface area contributed by atoms with Gasteiger partial charge in [-0.05, 0) is 42.4 Å². The molecule has 0 aliphatic carbocycles. The number of amides is 2. The molecule has 1 saturated heterocycles. The normalized spacial score (nSPS) is 17.3. The lowest BCUT2D eigenvalue weighted by Gasteiger charge is -2.28. The number of hydrogen-bond donors (Lipinski definition) is 1. The second kappa shape index (κ2) is 12.5. The first-order chi connectivity index (χ1) is 15.4. The van der Waals surface area contributed by atoms with Gasteiger partial charge < -0.3 is 10.2 Å². The van der Waals surface area contributed by atoms with Crippen molar-refractivity contribution in [3.05, 3.63) is 66.3 Å². The molecular weight excluding hydrogens is 422 g/mol. The lowest BCUT2D eigenvalue weighted by atomic mass is 9.91. The Morgan fingerprint density at radius 3 is 2.27 bits per heavy atom. The number of allylic oxidation sites excluding steroid dienone is 4. The van der Waals surface area contributed by atoms with Crippen LogP contribution in [-0.2, 0) is 9.59 Å². The molecule has 182 valence electrons. The Kier molecular flexibility index (Phi) is 10.7. The molecule has 0 bridgehead atoms. The number of nitrogens with one attached hydrogen (secondary N) is 1. The van der Waals surface area contributed by atoms with Crippen LogP contribution in [0, 0.1) is 5.41 Å². The van der Waals surface area contributed by atoms with Crippen molar-refractivity contribution in [2.45, 2.75) is 72.9 Å². The van der Waals surface area contributed by atoms with E-state index >= 15 is 0 Å². The molecule has 0 radical (unpaired) electrons. The Hall–Kier alpha value is -2.76. The summed E-state index contributed by atoms with van der Waals surface area (Å²) in [5.41, 5.74) is 0.739. The van der Waals surface area contributed by atoms with Gasteiger partial charge in [0.05, 0.1) is 11.6 Å². The van der Waals surface area contributed by atoms with Gasteiger partial charge in [-0.25, -0.2) is 8.78 Å². The van der Waals surface area contributed by atoms with Gasteiger partial charge in [-0.1, -0.05) is 72.0 Å². The van der Waals surface area contributed by atoms with Gasteiger partial charge in [-0.15, -0.1) is 0 Å². The quantitative estimate of drug-likeness (QED) is 0.462. The molecule has 1 aromatic rings. The SMILES string of the molecule is C=C/C(F)=C(\C(=C)F)c1ccc(C(C)NC(=O)C2CCCN2C(=O)CC(C)(C)C)cc1.CC. The second-order valence-corrected chi connectivity index (χ2v) is 9.17. The summed E-state index contributed by atoms with van der Waals surface area (Å²) < 4.78 is 27.6. The lowest BCUT2D eigenvalue weighted by molar-refractivity contribution is -0.140. The van der Waals surface area contributed by atoms with E-state index in [1.807, 2.05) is 41.5 Å². The van der Waals surface area contributed by atoms with E-state index in [1.54, 1.807) is 29.2 Å². The van der Waals surface area contributed by atoms with Crippen LogP contribution < -0.4 is 5.32 Å². The van der Waals surface area contributed by atoms with E-state index in [4.69, 9.17) is 0 Å². The van der Waals surface area contributed by atoms with Crippen LogP contribution in [0.2, 0.25) is 0 Å². The summed E-state index contributed by atoms with van der Waals surface area (Å²) in [7, 11) is 0. The molecule has 6 heteroatoms. The molecule has 2 amide bonds. The number of halogens is 2. The average molecular weight is 461 g/mol. The van der Waals surface area contributed by atoms with Gasteiger partial charge in [0.15, 0.2) is 0 Å². The first-order valence-electron chi connectivity index (χ1n) is 11.5. The van der Waals surface area contributed by atoms with Crippen LogP contribution in [0.25, 0.3) is 5.57 Å². The number of nitrogens with zero attached hydrogens (tertiary/aromatic N) is 1. The van der Waals surface area contributed by atoms with Crippen LogP contribution in [0.4, 0.5) is 8.78 Å². The lowest BCUT2D eigenvalue weighted by Crippen LogP contribution is -2.47. The van der Waals surface area contributed by atoms with Crippen LogP contribution in [0.1, 0.15) is 78.0 Å². The highest BCUT2D eigenvalue weighted by Gasteiger charge is 2.35. The maximum atomic E-state index is 13.9. The Bertz CT molecular complexity index is 882. The zero-order valence-corrected chi connectivity index (χ0v) is 20.8. The number of likely N-dealkylation sites (tertiary alicyclic amines) is 1. The molecule has 2 atom stereocenters. The summed E-state index contributed by atoms with van der Waals surface area (Å²) in [6.07, 6.45) is 2.77. The monoisotopic (exact) mass is 460 g/mol. The standard InChI is InChI=1S/C25H32F2N2O2.C2H6/c1-7-20(27)23(16(2)26)19-12-10-18(11-13-19)17(3)28-24(31)21-9-8-14-29(21)22(30)15-25(4,5)6;1-2/h7,10-13,17,21H,1-2,8-9,14-15H2,3-6H3,(H,28,31);1-2H3/b23-20-;. The van der Waals surface area contributed by atoms with E-state index < -0.39 is 17.7 Å². The summed E-state index contributed by atoms with van der Waals surface area (Å²) in [5.74, 6) is -1.86. The number of rotatable bonds is 7. The van der Waals surface area contributed by atoms with Crippen LogP contribution in [0.15, 0.2) is 55.2 Å². The molecule has 2 unspecified atom stereocenters. The third-order valence-electron chi connectivity index (χ3n) is 5.30. The minimum absolute atomic E-state index is 0.00262. The maximum Gasteiger partial charge on any atom is 0.243 e. The zero-order valence-electron chi connectivity index (χ0n) is 20.8. The molecule has 2 rings (SSSR count). The van der Waals surface area contributed by atoms with Gasteiger partial charge in [-0.2, -0.15) is 0 Å². The van der Waals surface area contributed by atoms with Crippen molar-refractivity contribution >= 4 is 17.4 Å². The highest BCUT2D eigenvalue weighted by atomic mass is 19.1. The minimum atomic E-state index is -0.882. The largest absolute Gasteiger partial charge is 0.348 e. The first-order valence-corrected chi connectivity index (χ1v) is 11.5. The number of benzene rings is 1. The van der Waals surface area contributed by atoms with Gasteiger partial charge in [-0.3, -0.25) is 9.59 Å². The van der Waals surface area contributed by atoms with Gasteiger partial charge >= 0.3 is 0 Å². The van der Waals surface area contributed by atoms with Gasteiger partial charge in [0.1, 0.15) is 17.7 Å². The summed E-state index contributed by atoms with van der Waals surface area (Å²) in [6, 6.07) is 5.77. The molecule has 1 N–H and O–H groups in total.